The van der Waals surface area contributed by atoms with Crippen LogP contribution < -0.4 is 16.2 Å². The molecule has 3 N–H and O–H groups in total. The van der Waals surface area contributed by atoms with E-state index in [1.807, 2.05) is 0 Å². The molecule has 9 nitrogen and oxygen atoms in total. The zero-order valence-electron chi connectivity index (χ0n) is 15.0. The van der Waals surface area contributed by atoms with Gasteiger partial charge in [0.05, 0.1) is 10.8 Å². The normalized spacial score (nSPS) is 20.2. The van der Waals surface area contributed by atoms with E-state index in [0.29, 0.717) is 19.4 Å². The summed E-state index contributed by atoms with van der Waals surface area (Å²) in [4.78, 5) is 35.7. The van der Waals surface area contributed by atoms with Gasteiger partial charge in [-0.3, -0.25) is 25.2 Å². The topological polar surface area (TPSA) is 125 Å². The molecule has 1 aliphatic heterocycles. The van der Waals surface area contributed by atoms with Crippen LogP contribution >= 0.6 is 15.9 Å². The molecule has 152 valence electrons. The number of carbonyl (C=O) groups excluding carboxylic acids is 3. The van der Waals surface area contributed by atoms with Gasteiger partial charge in [-0.25, -0.2) is 8.42 Å². The lowest BCUT2D eigenvalue weighted by Crippen LogP contribution is -2.53. The molecule has 2 fully saturated rings. The number of rotatable bonds is 4. The maximum absolute atomic E-state index is 12.8. The Morgan fingerprint density at radius 1 is 1.00 bits per heavy atom. The zero-order chi connectivity index (χ0) is 20.3. The Balaban J connectivity index is 1.56. The summed E-state index contributed by atoms with van der Waals surface area (Å²) in [5.74, 6) is -2.89. The van der Waals surface area contributed by atoms with Crippen molar-refractivity contribution in [3.63, 3.8) is 0 Å². The van der Waals surface area contributed by atoms with Gasteiger partial charge in [-0.1, -0.05) is 15.9 Å². The van der Waals surface area contributed by atoms with Gasteiger partial charge >= 0.3 is 11.8 Å². The third-order valence-corrected chi connectivity index (χ3v) is 7.03. The van der Waals surface area contributed by atoms with Gasteiger partial charge in [0.1, 0.15) is 0 Å². The van der Waals surface area contributed by atoms with Crippen LogP contribution in [0.4, 0.5) is 0 Å². The third kappa shape index (κ3) is 5.09. The first-order valence-corrected chi connectivity index (χ1v) is 11.2. The van der Waals surface area contributed by atoms with Gasteiger partial charge in [0.25, 0.3) is 0 Å². The molecule has 0 aromatic heterocycles. The van der Waals surface area contributed by atoms with Crippen molar-refractivity contribution in [2.75, 3.05) is 13.1 Å². The molecule has 1 saturated heterocycles. The van der Waals surface area contributed by atoms with E-state index in [4.69, 9.17) is 0 Å². The van der Waals surface area contributed by atoms with Crippen LogP contribution in [-0.4, -0.2) is 49.6 Å². The van der Waals surface area contributed by atoms with E-state index in [1.165, 1.54) is 16.4 Å². The van der Waals surface area contributed by atoms with E-state index < -0.39 is 33.7 Å². The number of benzene rings is 1. The number of piperidine rings is 1. The van der Waals surface area contributed by atoms with Crippen molar-refractivity contribution in [3.8, 4) is 0 Å². The number of hydrazine groups is 1. The van der Waals surface area contributed by atoms with Gasteiger partial charge in [0.15, 0.2) is 0 Å². The number of carbonyl (C=O) groups is 3. The van der Waals surface area contributed by atoms with Crippen molar-refractivity contribution >= 4 is 43.7 Å². The van der Waals surface area contributed by atoms with Crippen molar-refractivity contribution in [2.24, 2.45) is 5.92 Å². The van der Waals surface area contributed by atoms with Crippen molar-refractivity contribution in [1.82, 2.24) is 20.5 Å². The van der Waals surface area contributed by atoms with Crippen LogP contribution in [0.3, 0.4) is 0 Å². The second kappa shape index (κ2) is 8.58. The fraction of sp³-hybridized carbons (Fsp3) is 0.471. The molecule has 0 bridgehead atoms. The van der Waals surface area contributed by atoms with Crippen LogP contribution in [0.1, 0.15) is 25.7 Å². The highest BCUT2D eigenvalue weighted by atomic mass is 79.9. The van der Waals surface area contributed by atoms with Crippen molar-refractivity contribution in [2.45, 2.75) is 36.6 Å². The number of halogens is 1. The monoisotopic (exact) mass is 472 g/mol. The summed E-state index contributed by atoms with van der Waals surface area (Å²) in [5, 5.41) is 2.51. The maximum Gasteiger partial charge on any atom is 0.327 e. The molecule has 3 rings (SSSR count). The van der Waals surface area contributed by atoms with E-state index in [0.717, 1.165) is 17.3 Å². The smallest absolute Gasteiger partial charge is 0.327 e. The molecule has 11 heteroatoms. The first kappa shape index (κ1) is 20.7. The molecule has 1 aliphatic carbocycles. The fourth-order valence-corrected chi connectivity index (χ4v) is 4.67. The first-order chi connectivity index (χ1) is 13.3. The lowest BCUT2D eigenvalue weighted by atomic mass is 9.99. The van der Waals surface area contributed by atoms with E-state index in [-0.39, 0.29) is 17.5 Å². The molecular formula is C17H21BrN4O5S. The number of amides is 3. The van der Waals surface area contributed by atoms with Gasteiger partial charge in [-0.15, -0.1) is 0 Å². The van der Waals surface area contributed by atoms with E-state index in [2.05, 4.69) is 32.1 Å². The van der Waals surface area contributed by atoms with Crippen molar-refractivity contribution < 1.29 is 22.8 Å². The Kier molecular flexibility index (Phi) is 6.36. The van der Waals surface area contributed by atoms with Gasteiger partial charge < -0.3 is 5.32 Å². The van der Waals surface area contributed by atoms with Crippen LogP contribution in [0.2, 0.25) is 0 Å². The summed E-state index contributed by atoms with van der Waals surface area (Å²) < 4.78 is 27.6. The predicted molar refractivity (Wildman–Crippen MR) is 103 cm³/mol. The van der Waals surface area contributed by atoms with Crippen molar-refractivity contribution in [1.29, 1.82) is 0 Å². The molecule has 3 amide bonds. The Bertz CT molecular complexity index is 870. The number of hydrogen-bond donors (Lipinski definition) is 3. The molecule has 1 heterocycles. The number of hydrogen-bond acceptors (Lipinski definition) is 5. The van der Waals surface area contributed by atoms with Gasteiger partial charge in [-0.2, -0.15) is 4.31 Å². The average Bonchev–Trinajstić information content (AvgIpc) is 3.50. The fourth-order valence-electron chi connectivity index (χ4n) is 2.89. The summed E-state index contributed by atoms with van der Waals surface area (Å²) in [7, 11) is -3.72. The predicted octanol–water partition coefficient (Wildman–Crippen LogP) is 0.276. The largest absolute Gasteiger partial charge is 0.345 e. The van der Waals surface area contributed by atoms with Crippen LogP contribution in [-0.2, 0) is 24.4 Å². The number of nitrogens with zero attached hydrogens (tertiary/aromatic N) is 1. The second-order valence-corrected chi connectivity index (χ2v) is 9.70. The molecule has 0 spiro atoms. The third-order valence-electron chi connectivity index (χ3n) is 4.62. The van der Waals surface area contributed by atoms with Crippen molar-refractivity contribution in [3.05, 3.63) is 28.7 Å². The average molecular weight is 473 g/mol. The molecule has 1 saturated carbocycles. The minimum atomic E-state index is -3.72. The van der Waals surface area contributed by atoms with Crippen LogP contribution in [0.25, 0.3) is 0 Å². The molecule has 1 unspecified atom stereocenters. The SMILES string of the molecule is O=C(NNC(=O)C1CCCN(S(=O)(=O)c2ccc(Br)cc2)C1)C(=O)NC1CC1. The molecule has 1 aromatic carbocycles. The highest BCUT2D eigenvalue weighted by Gasteiger charge is 2.34. The molecular weight excluding hydrogens is 452 g/mol. The molecule has 0 radical (unpaired) electrons. The standard InChI is InChI=1S/C17H21BrN4O5S/c18-12-3-7-14(8-4-12)28(26,27)22-9-1-2-11(10-22)15(23)20-21-17(25)16(24)19-13-5-6-13/h3-4,7-8,11,13H,1-2,5-6,9-10H2,(H,19,24)(H,20,23)(H,21,25). The van der Waals surface area contributed by atoms with E-state index in [1.54, 1.807) is 12.1 Å². The van der Waals surface area contributed by atoms with Gasteiger partial charge in [0.2, 0.25) is 15.9 Å². The van der Waals surface area contributed by atoms with Gasteiger partial charge in [-0.05, 0) is 49.9 Å². The number of sulfonamides is 1. The Labute approximate surface area is 171 Å². The highest BCUT2D eigenvalue weighted by Crippen LogP contribution is 2.25. The summed E-state index contributed by atoms with van der Waals surface area (Å²) in [6.45, 7) is 0.326. The molecule has 28 heavy (non-hydrogen) atoms. The molecule has 2 aliphatic rings. The van der Waals surface area contributed by atoms with E-state index >= 15 is 0 Å². The van der Waals surface area contributed by atoms with E-state index in [9.17, 15) is 22.8 Å². The Morgan fingerprint density at radius 2 is 1.68 bits per heavy atom. The Morgan fingerprint density at radius 3 is 2.32 bits per heavy atom. The Hall–Kier alpha value is -1.98. The molecule has 1 atom stereocenters. The molecule has 1 aromatic rings. The lowest BCUT2D eigenvalue weighted by Gasteiger charge is -2.31. The lowest BCUT2D eigenvalue weighted by molar-refractivity contribution is -0.141. The summed E-state index contributed by atoms with van der Waals surface area (Å²) in [5.41, 5.74) is 4.30. The van der Waals surface area contributed by atoms with Crippen LogP contribution in [0.15, 0.2) is 33.6 Å². The minimum Gasteiger partial charge on any atom is -0.345 e. The summed E-state index contributed by atoms with van der Waals surface area (Å²) in [6, 6.07) is 6.32. The quantitative estimate of drug-likeness (QED) is 0.428. The second-order valence-electron chi connectivity index (χ2n) is 6.85. The van der Waals surface area contributed by atoms with Crippen LogP contribution in [0.5, 0.6) is 0 Å². The first-order valence-electron chi connectivity index (χ1n) is 8.94. The zero-order valence-corrected chi connectivity index (χ0v) is 17.4. The number of nitrogens with one attached hydrogen (secondary N) is 3. The maximum atomic E-state index is 12.8. The van der Waals surface area contributed by atoms with Gasteiger partial charge in [0, 0.05) is 23.6 Å². The van der Waals surface area contributed by atoms with Crippen LogP contribution in [0, 0.1) is 5.92 Å². The summed E-state index contributed by atoms with van der Waals surface area (Å²) in [6.07, 6.45) is 2.69. The summed E-state index contributed by atoms with van der Waals surface area (Å²) >= 11 is 3.27. The minimum absolute atomic E-state index is 0.00831. The highest BCUT2D eigenvalue weighted by molar-refractivity contribution is 9.10.